The minimum atomic E-state index is -4.85. The van der Waals surface area contributed by atoms with Crippen LogP contribution in [0.5, 0.6) is 0 Å². The number of amides is 1. The van der Waals surface area contributed by atoms with Crippen molar-refractivity contribution in [2.24, 2.45) is 5.73 Å². The molecule has 0 aliphatic carbocycles. The number of H-pyrrole nitrogens is 1. The molecule has 5 nitrogen and oxygen atoms in total. The predicted molar refractivity (Wildman–Crippen MR) is 85.3 cm³/mol. The number of benzene rings is 1. The van der Waals surface area contributed by atoms with Gasteiger partial charge in [0, 0.05) is 29.8 Å². The zero-order valence-corrected chi connectivity index (χ0v) is 12.7. The van der Waals surface area contributed by atoms with E-state index in [0.717, 1.165) is 22.0 Å². The smallest absolute Gasteiger partial charge is 0.366 e. The molecule has 0 fully saturated rings. The Kier molecular flexibility index (Phi) is 3.96. The topological polar surface area (TPSA) is 80.9 Å². The summed E-state index contributed by atoms with van der Waals surface area (Å²) in [4.78, 5) is 26.5. The van der Waals surface area contributed by atoms with Gasteiger partial charge in [0.25, 0.3) is 11.5 Å². The van der Waals surface area contributed by atoms with Crippen LogP contribution in [0.15, 0.2) is 59.7 Å². The molecule has 3 N–H and O–H groups in total. The van der Waals surface area contributed by atoms with Crippen LogP contribution in [0.3, 0.4) is 0 Å². The quantitative estimate of drug-likeness (QED) is 0.764. The molecule has 0 aliphatic heterocycles. The Bertz CT molecular complexity index is 972. The summed E-state index contributed by atoms with van der Waals surface area (Å²) in [6.07, 6.45) is -2.28. The molecule has 0 aliphatic rings. The average Bonchev–Trinajstić information content (AvgIpc) is 3.08. The first-order valence-corrected chi connectivity index (χ1v) is 7.15. The van der Waals surface area contributed by atoms with Crippen LogP contribution in [0.4, 0.5) is 13.2 Å². The first-order chi connectivity index (χ1) is 11.8. The number of aromatic amines is 1. The summed E-state index contributed by atoms with van der Waals surface area (Å²) < 4.78 is 39.9. The van der Waals surface area contributed by atoms with Crippen LogP contribution in [0.2, 0.25) is 0 Å². The summed E-state index contributed by atoms with van der Waals surface area (Å²) in [6.45, 7) is 0. The van der Waals surface area contributed by atoms with Gasteiger partial charge in [0.1, 0.15) is 0 Å². The van der Waals surface area contributed by atoms with E-state index in [1.807, 2.05) is 12.1 Å². The fourth-order valence-corrected chi connectivity index (χ4v) is 2.48. The first-order valence-electron chi connectivity index (χ1n) is 7.15. The van der Waals surface area contributed by atoms with Gasteiger partial charge in [-0.3, -0.25) is 14.2 Å². The van der Waals surface area contributed by atoms with E-state index < -0.39 is 28.8 Å². The van der Waals surface area contributed by atoms with E-state index in [0.29, 0.717) is 11.8 Å². The molecule has 0 radical (unpaired) electrons. The van der Waals surface area contributed by atoms with Crippen molar-refractivity contribution in [3.63, 3.8) is 0 Å². The summed E-state index contributed by atoms with van der Waals surface area (Å²) >= 11 is 0. The summed E-state index contributed by atoms with van der Waals surface area (Å²) in [6, 6.07) is 10.6. The summed E-state index contributed by atoms with van der Waals surface area (Å²) in [7, 11) is 0. The second-order valence-electron chi connectivity index (χ2n) is 5.30. The Hall–Kier alpha value is -3.29. The normalized spacial score (nSPS) is 11.5. The zero-order valence-electron chi connectivity index (χ0n) is 12.7. The number of alkyl halides is 3. The Labute approximate surface area is 139 Å². The van der Waals surface area contributed by atoms with Gasteiger partial charge in [-0.15, -0.1) is 0 Å². The maximum Gasteiger partial charge on any atom is 0.417 e. The average molecular weight is 347 g/mol. The molecule has 0 spiro atoms. The molecule has 0 unspecified atom stereocenters. The van der Waals surface area contributed by atoms with E-state index in [2.05, 4.69) is 4.98 Å². The number of pyridine rings is 1. The molecule has 0 atom stereocenters. The molecule has 1 aromatic carbocycles. The van der Waals surface area contributed by atoms with Crippen molar-refractivity contribution in [1.29, 1.82) is 0 Å². The van der Waals surface area contributed by atoms with E-state index in [1.165, 1.54) is 0 Å². The van der Waals surface area contributed by atoms with Crippen LogP contribution >= 0.6 is 0 Å². The maximum atomic E-state index is 13.0. The van der Waals surface area contributed by atoms with Crippen molar-refractivity contribution in [3.8, 4) is 16.9 Å². The van der Waals surface area contributed by atoms with Crippen molar-refractivity contribution in [3.05, 3.63) is 76.3 Å². The van der Waals surface area contributed by atoms with Gasteiger partial charge in [-0.25, -0.2) is 0 Å². The van der Waals surface area contributed by atoms with Gasteiger partial charge in [-0.2, -0.15) is 13.2 Å². The third-order valence-electron chi connectivity index (χ3n) is 3.68. The van der Waals surface area contributed by atoms with Crippen LogP contribution in [0.25, 0.3) is 16.9 Å². The van der Waals surface area contributed by atoms with Crippen molar-refractivity contribution in [1.82, 2.24) is 9.55 Å². The van der Waals surface area contributed by atoms with E-state index >= 15 is 0 Å². The molecular formula is C17H12F3N3O2. The number of nitrogens with one attached hydrogen (secondary N) is 1. The van der Waals surface area contributed by atoms with E-state index in [1.54, 1.807) is 30.5 Å². The van der Waals surface area contributed by atoms with Gasteiger partial charge in [0.2, 0.25) is 0 Å². The van der Waals surface area contributed by atoms with Gasteiger partial charge in [-0.05, 0) is 29.8 Å². The van der Waals surface area contributed by atoms with Gasteiger partial charge < -0.3 is 10.7 Å². The highest BCUT2D eigenvalue weighted by Gasteiger charge is 2.35. The number of carbonyl (C=O) groups excluding carboxylic acids is 1. The minimum absolute atomic E-state index is 0.316. The Morgan fingerprint density at radius 1 is 1.12 bits per heavy atom. The number of nitrogens with zero attached hydrogens (tertiary/aromatic N) is 1. The van der Waals surface area contributed by atoms with Crippen LogP contribution < -0.4 is 11.3 Å². The third kappa shape index (κ3) is 3.18. The van der Waals surface area contributed by atoms with Crippen molar-refractivity contribution >= 4 is 5.91 Å². The highest BCUT2D eigenvalue weighted by atomic mass is 19.4. The molecule has 8 heteroatoms. The highest BCUT2D eigenvalue weighted by Crippen LogP contribution is 2.31. The number of rotatable bonds is 3. The highest BCUT2D eigenvalue weighted by molar-refractivity contribution is 5.94. The van der Waals surface area contributed by atoms with Gasteiger partial charge >= 0.3 is 6.18 Å². The van der Waals surface area contributed by atoms with Gasteiger partial charge in [0.05, 0.1) is 11.1 Å². The molecule has 2 heterocycles. The third-order valence-corrected chi connectivity index (χ3v) is 3.68. The fraction of sp³-hybridized carbons (Fsp3) is 0.0588. The van der Waals surface area contributed by atoms with Crippen LogP contribution in [-0.2, 0) is 6.18 Å². The van der Waals surface area contributed by atoms with E-state index in [9.17, 15) is 22.8 Å². The van der Waals surface area contributed by atoms with Crippen molar-refractivity contribution < 1.29 is 18.0 Å². The number of aromatic nitrogens is 2. The summed E-state index contributed by atoms with van der Waals surface area (Å²) in [5, 5.41) is 0. The van der Waals surface area contributed by atoms with Crippen LogP contribution in [0.1, 0.15) is 15.9 Å². The van der Waals surface area contributed by atoms with Crippen LogP contribution in [-0.4, -0.2) is 15.5 Å². The molecular weight excluding hydrogens is 335 g/mol. The fourth-order valence-electron chi connectivity index (χ4n) is 2.48. The lowest BCUT2D eigenvalue weighted by Crippen LogP contribution is -2.27. The van der Waals surface area contributed by atoms with Gasteiger partial charge in [-0.1, -0.05) is 12.1 Å². The SMILES string of the molecule is NC(=O)c1cn(-c2ccc(-c3ccc[nH]3)cc2)c(=O)cc1C(F)(F)F. The molecule has 3 aromatic rings. The minimum Gasteiger partial charge on any atom is -0.366 e. The van der Waals surface area contributed by atoms with Gasteiger partial charge in [0.15, 0.2) is 0 Å². The first kappa shape index (κ1) is 16.6. The number of carbonyl (C=O) groups is 1. The largest absolute Gasteiger partial charge is 0.417 e. The Balaban J connectivity index is 2.10. The lowest BCUT2D eigenvalue weighted by Gasteiger charge is -2.13. The zero-order chi connectivity index (χ0) is 18.2. The second-order valence-corrected chi connectivity index (χ2v) is 5.30. The standard InChI is InChI=1S/C17H12F3N3O2/c18-17(19,20)13-8-15(24)23(9-12(13)16(21)25)11-5-3-10(4-6-11)14-2-1-7-22-14/h1-9,22H,(H2,21,25). The number of primary amides is 1. The lowest BCUT2D eigenvalue weighted by molar-refractivity contribution is -0.138. The molecule has 3 rings (SSSR count). The lowest BCUT2D eigenvalue weighted by atomic mass is 10.1. The molecule has 25 heavy (non-hydrogen) atoms. The number of hydrogen-bond acceptors (Lipinski definition) is 2. The molecule has 0 saturated heterocycles. The predicted octanol–water partition coefficient (Wildman–Crippen LogP) is 2.95. The second kappa shape index (κ2) is 5.97. The number of nitrogens with two attached hydrogens (primary N) is 1. The summed E-state index contributed by atoms with van der Waals surface area (Å²) in [5.74, 6) is -1.26. The van der Waals surface area contributed by atoms with Crippen molar-refractivity contribution in [2.75, 3.05) is 0 Å². The van der Waals surface area contributed by atoms with E-state index in [-0.39, 0.29) is 0 Å². The Morgan fingerprint density at radius 3 is 2.32 bits per heavy atom. The number of hydrogen-bond donors (Lipinski definition) is 2. The molecule has 2 aromatic heterocycles. The molecule has 0 saturated carbocycles. The Morgan fingerprint density at radius 2 is 1.80 bits per heavy atom. The summed E-state index contributed by atoms with van der Waals surface area (Å²) in [5.41, 5.74) is 4.02. The monoisotopic (exact) mass is 347 g/mol. The number of halogens is 3. The molecule has 0 bridgehead atoms. The molecule has 1 amide bonds. The van der Waals surface area contributed by atoms with Crippen molar-refractivity contribution in [2.45, 2.75) is 6.18 Å². The van der Waals surface area contributed by atoms with Crippen LogP contribution in [0, 0.1) is 0 Å². The van der Waals surface area contributed by atoms with E-state index in [4.69, 9.17) is 5.73 Å². The molecule has 128 valence electrons. The maximum absolute atomic E-state index is 13.0.